The number of allylic oxidation sites excluding steroid dienone is 1. The second kappa shape index (κ2) is 7.36. The zero-order chi connectivity index (χ0) is 21.5. The number of carbonyl (C=O) groups excluding carboxylic acids is 1. The first-order valence-corrected chi connectivity index (χ1v) is 10.1. The van der Waals surface area contributed by atoms with Gasteiger partial charge in [0.15, 0.2) is 0 Å². The number of nitrogens with zero attached hydrogens (tertiary/aromatic N) is 3. The summed E-state index contributed by atoms with van der Waals surface area (Å²) in [4.78, 5) is 35.4. The van der Waals surface area contributed by atoms with E-state index in [4.69, 9.17) is 5.73 Å². The van der Waals surface area contributed by atoms with Crippen molar-refractivity contribution in [1.29, 1.82) is 0 Å². The molecule has 0 saturated carbocycles. The van der Waals surface area contributed by atoms with Gasteiger partial charge in [-0.15, -0.1) is 0 Å². The van der Waals surface area contributed by atoms with Gasteiger partial charge in [-0.2, -0.15) is 0 Å². The van der Waals surface area contributed by atoms with Crippen molar-refractivity contribution in [2.24, 2.45) is 0 Å². The van der Waals surface area contributed by atoms with Crippen molar-refractivity contribution in [3.8, 4) is 11.1 Å². The van der Waals surface area contributed by atoms with Crippen molar-refractivity contribution < 1.29 is 14.7 Å². The Hall–Kier alpha value is -4.00. The van der Waals surface area contributed by atoms with Crippen molar-refractivity contribution >= 4 is 28.7 Å². The summed E-state index contributed by atoms with van der Waals surface area (Å²) in [5, 5.41) is 10.1. The van der Waals surface area contributed by atoms with E-state index in [9.17, 15) is 14.7 Å². The lowest BCUT2D eigenvalue weighted by atomic mass is 9.97. The van der Waals surface area contributed by atoms with Crippen molar-refractivity contribution in [3.05, 3.63) is 77.0 Å². The second-order valence-electron chi connectivity index (χ2n) is 7.74. The fraction of sp³-hybridized carbons (Fsp3) is 0.167. The highest BCUT2D eigenvalue weighted by Crippen LogP contribution is 2.31. The van der Waals surface area contributed by atoms with E-state index in [1.165, 1.54) is 11.1 Å². The third-order valence-corrected chi connectivity index (χ3v) is 5.80. The molecule has 0 spiro atoms. The minimum atomic E-state index is -1.01. The van der Waals surface area contributed by atoms with Gasteiger partial charge in [0, 0.05) is 18.5 Å². The number of aromatic carboxylic acids is 1. The molecule has 31 heavy (non-hydrogen) atoms. The Labute approximate surface area is 178 Å². The maximum absolute atomic E-state index is 13.4. The predicted octanol–water partition coefficient (Wildman–Crippen LogP) is 3.68. The first-order valence-electron chi connectivity index (χ1n) is 10.1. The Morgan fingerprint density at radius 1 is 1.06 bits per heavy atom. The van der Waals surface area contributed by atoms with E-state index in [1.807, 2.05) is 0 Å². The number of nitrogen functional groups attached to an aromatic ring is 1. The molecule has 0 fully saturated rings. The van der Waals surface area contributed by atoms with Crippen molar-refractivity contribution in [1.82, 2.24) is 14.9 Å². The van der Waals surface area contributed by atoms with Gasteiger partial charge in [0.05, 0.1) is 11.1 Å². The van der Waals surface area contributed by atoms with E-state index in [0.717, 1.165) is 12.8 Å². The van der Waals surface area contributed by atoms with Gasteiger partial charge in [-0.3, -0.25) is 4.79 Å². The molecule has 0 radical (unpaired) electrons. The molecular weight excluding hydrogens is 392 g/mol. The van der Waals surface area contributed by atoms with Gasteiger partial charge in [-0.1, -0.05) is 36.4 Å². The molecule has 2 aromatic carbocycles. The number of carboxylic acid groups (broad SMARTS) is 1. The summed E-state index contributed by atoms with van der Waals surface area (Å²) in [6.07, 6.45) is 6.20. The van der Waals surface area contributed by atoms with E-state index >= 15 is 0 Å². The standard InChI is InChI=1S/C24H20N4O3/c25-24-26-20-10-9-14(17-7-3-4-8-18(17)23(30)31)11-19(20)21(27-24)22(29)28-12-15-5-1-2-6-16(15)13-28/h1,3-5,7-11H,2,6,12-13H2,(H,30,31)(H2,25,26,27). The lowest BCUT2D eigenvalue weighted by molar-refractivity contribution is 0.0697. The Morgan fingerprint density at radius 3 is 2.71 bits per heavy atom. The molecule has 154 valence electrons. The highest BCUT2D eigenvalue weighted by atomic mass is 16.4. The normalized spacial score (nSPS) is 15.4. The van der Waals surface area contributed by atoms with E-state index in [2.05, 4.69) is 22.1 Å². The number of nitrogens with two attached hydrogens (primary N) is 1. The van der Waals surface area contributed by atoms with Crippen molar-refractivity contribution in [3.63, 3.8) is 0 Å². The molecule has 3 aromatic rings. The Balaban J connectivity index is 1.59. The molecule has 3 N–H and O–H groups in total. The fourth-order valence-corrected chi connectivity index (χ4v) is 4.29. The van der Waals surface area contributed by atoms with Gasteiger partial charge >= 0.3 is 5.97 Å². The summed E-state index contributed by atoms with van der Waals surface area (Å²) in [7, 11) is 0. The van der Waals surface area contributed by atoms with Gasteiger partial charge in [-0.25, -0.2) is 14.8 Å². The van der Waals surface area contributed by atoms with Gasteiger partial charge in [-0.05, 0) is 53.3 Å². The lowest BCUT2D eigenvalue weighted by Crippen LogP contribution is -2.30. The maximum Gasteiger partial charge on any atom is 0.336 e. The molecule has 1 aliphatic heterocycles. The van der Waals surface area contributed by atoms with Crippen LogP contribution >= 0.6 is 0 Å². The number of carboxylic acids is 1. The first-order chi connectivity index (χ1) is 15.0. The number of carbonyl (C=O) groups is 2. The van der Waals surface area contributed by atoms with Crippen LogP contribution in [0.2, 0.25) is 0 Å². The first kappa shape index (κ1) is 19.0. The highest BCUT2D eigenvalue weighted by molar-refractivity contribution is 6.06. The van der Waals surface area contributed by atoms with Crippen LogP contribution in [0.15, 0.2) is 65.8 Å². The number of hydrogen-bond acceptors (Lipinski definition) is 5. The number of fused-ring (bicyclic) bond motifs is 1. The van der Waals surface area contributed by atoms with E-state index in [1.54, 1.807) is 47.4 Å². The van der Waals surface area contributed by atoms with Crippen LogP contribution in [0.4, 0.5) is 5.95 Å². The van der Waals surface area contributed by atoms with E-state index < -0.39 is 5.97 Å². The Morgan fingerprint density at radius 2 is 1.90 bits per heavy atom. The minimum Gasteiger partial charge on any atom is -0.478 e. The smallest absolute Gasteiger partial charge is 0.336 e. The van der Waals surface area contributed by atoms with Crippen LogP contribution in [-0.2, 0) is 0 Å². The summed E-state index contributed by atoms with van der Waals surface area (Å²) in [5.74, 6) is -1.18. The Bertz CT molecular complexity index is 1310. The summed E-state index contributed by atoms with van der Waals surface area (Å²) in [6.45, 7) is 1.14. The number of hydrogen-bond donors (Lipinski definition) is 2. The number of amides is 1. The van der Waals surface area contributed by atoms with Gasteiger partial charge in [0.2, 0.25) is 5.95 Å². The monoisotopic (exact) mass is 412 g/mol. The molecule has 7 nitrogen and oxygen atoms in total. The van der Waals surface area contributed by atoms with Crippen molar-refractivity contribution in [2.45, 2.75) is 12.8 Å². The van der Waals surface area contributed by atoms with Crippen LogP contribution in [-0.4, -0.2) is 44.9 Å². The largest absolute Gasteiger partial charge is 0.478 e. The lowest BCUT2D eigenvalue weighted by Gasteiger charge is -2.17. The summed E-state index contributed by atoms with van der Waals surface area (Å²) >= 11 is 0. The summed E-state index contributed by atoms with van der Waals surface area (Å²) < 4.78 is 0. The molecule has 1 aromatic heterocycles. The second-order valence-corrected chi connectivity index (χ2v) is 7.74. The number of anilines is 1. The van der Waals surface area contributed by atoms with Gasteiger partial charge in [0.25, 0.3) is 5.91 Å². The van der Waals surface area contributed by atoms with E-state index in [-0.39, 0.29) is 23.1 Å². The van der Waals surface area contributed by atoms with Crippen LogP contribution in [0.1, 0.15) is 33.7 Å². The molecule has 0 bridgehead atoms. The van der Waals surface area contributed by atoms with E-state index in [0.29, 0.717) is 35.1 Å². The predicted molar refractivity (Wildman–Crippen MR) is 118 cm³/mol. The molecule has 1 amide bonds. The number of benzene rings is 2. The minimum absolute atomic E-state index is 0.0337. The molecule has 0 atom stereocenters. The third-order valence-electron chi connectivity index (χ3n) is 5.80. The molecular formula is C24H20N4O3. The molecule has 2 aliphatic rings. The molecule has 1 aliphatic carbocycles. The highest BCUT2D eigenvalue weighted by Gasteiger charge is 2.28. The molecule has 0 unspecified atom stereocenters. The van der Waals surface area contributed by atoms with Crippen LogP contribution < -0.4 is 5.73 Å². The zero-order valence-corrected chi connectivity index (χ0v) is 16.7. The van der Waals surface area contributed by atoms with Crippen LogP contribution in [0, 0.1) is 0 Å². The average Bonchev–Trinajstić information content (AvgIpc) is 3.22. The molecule has 2 heterocycles. The molecule has 0 saturated heterocycles. The zero-order valence-electron chi connectivity index (χ0n) is 16.7. The maximum atomic E-state index is 13.4. The summed E-state index contributed by atoms with van der Waals surface area (Å²) in [6, 6.07) is 12.1. The topological polar surface area (TPSA) is 109 Å². The van der Waals surface area contributed by atoms with Gasteiger partial charge < -0.3 is 15.7 Å². The summed E-state index contributed by atoms with van der Waals surface area (Å²) in [5.41, 5.74) is 10.6. The quantitative estimate of drug-likeness (QED) is 0.679. The molecule has 5 rings (SSSR count). The van der Waals surface area contributed by atoms with Crippen LogP contribution in [0.5, 0.6) is 0 Å². The third kappa shape index (κ3) is 3.34. The fourth-order valence-electron chi connectivity index (χ4n) is 4.29. The SMILES string of the molecule is Nc1nc(C(=O)N2CC3=C(CCC=C3)C2)c2cc(-c3ccccc3C(=O)O)ccc2n1. The number of rotatable bonds is 3. The number of aromatic nitrogens is 2. The van der Waals surface area contributed by atoms with Gasteiger partial charge in [0.1, 0.15) is 5.69 Å². The van der Waals surface area contributed by atoms with Crippen LogP contribution in [0.3, 0.4) is 0 Å². The molecule has 7 heteroatoms. The van der Waals surface area contributed by atoms with Crippen molar-refractivity contribution in [2.75, 3.05) is 18.8 Å². The average molecular weight is 412 g/mol. The Kier molecular flexibility index (Phi) is 4.51. The van der Waals surface area contributed by atoms with Crippen LogP contribution in [0.25, 0.3) is 22.0 Å².